The molecule has 0 unspecified atom stereocenters. The monoisotopic (exact) mass is 327 g/mol. The number of hydrogen-bond acceptors (Lipinski definition) is 1. The van der Waals surface area contributed by atoms with Crippen molar-refractivity contribution < 1.29 is 0 Å². The molecule has 1 aliphatic rings. The number of aryl methyl sites for hydroxylation is 1. The molecule has 1 aromatic carbocycles. The lowest BCUT2D eigenvalue weighted by Gasteiger charge is -2.20. The first-order valence-corrected chi connectivity index (χ1v) is 10.2. The number of rotatable bonds is 11. The van der Waals surface area contributed by atoms with Crippen LogP contribution in [0, 0.1) is 0 Å². The summed E-state index contributed by atoms with van der Waals surface area (Å²) in [6.45, 7) is 9.03. The van der Waals surface area contributed by atoms with Crippen molar-refractivity contribution in [2.75, 3.05) is 0 Å². The molecule has 134 valence electrons. The van der Waals surface area contributed by atoms with Gasteiger partial charge in [0.05, 0.1) is 5.69 Å². The minimum atomic E-state index is 0.114. The summed E-state index contributed by atoms with van der Waals surface area (Å²) in [6, 6.07) is 6.91. The lowest BCUT2D eigenvalue weighted by Crippen LogP contribution is -2.22. The Morgan fingerprint density at radius 2 is 1.42 bits per heavy atom. The molecule has 0 N–H and O–H groups in total. The number of unbranched alkanes of at least 4 members (excludes halogenated alkanes) is 9. The highest BCUT2D eigenvalue weighted by Gasteiger charge is 2.31. The van der Waals surface area contributed by atoms with Gasteiger partial charge < -0.3 is 0 Å². The lowest BCUT2D eigenvalue weighted by atomic mass is 9.81. The van der Waals surface area contributed by atoms with E-state index in [9.17, 15) is 0 Å². The molecule has 0 aromatic heterocycles. The first-order valence-electron chi connectivity index (χ1n) is 10.2. The SMILES string of the molecule is CCCCCCCCCCCCc1ccc2c(c1)C(C)(C)C(C)=N2. The van der Waals surface area contributed by atoms with Gasteiger partial charge in [-0.3, -0.25) is 4.99 Å². The zero-order valence-electron chi connectivity index (χ0n) is 16.5. The standard InChI is InChI=1S/C23H37N/c1-5-6-7-8-9-10-11-12-13-14-15-20-16-17-22-21(18-20)23(3,4)19(2)24-22/h16-18H,5-15H2,1-4H3. The Balaban J connectivity index is 1.62. The van der Waals surface area contributed by atoms with Gasteiger partial charge in [0, 0.05) is 11.1 Å². The smallest absolute Gasteiger partial charge is 0.0670 e. The van der Waals surface area contributed by atoms with Gasteiger partial charge in [-0.05, 0) is 37.0 Å². The molecule has 1 nitrogen and oxygen atoms in total. The molecule has 0 bridgehead atoms. The molecule has 1 aliphatic heterocycles. The number of fused-ring (bicyclic) bond motifs is 1. The fraction of sp³-hybridized carbons (Fsp3) is 0.696. The van der Waals surface area contributed by atoms with E-state index in [4.69, 9.17) is 4.99 Å². The number of nitrogens with zero attached hydrogens (tertiary/aromatic N) is 1. The van der Waals surface area contributed by atoms with Gasteiger partial charge in [-0.25, -0.2) is 0 Å². The molecule has 24 heavy (non-hydrogen) atoms. The van der Waals surface area contributed by atoms with Crippen LogP contribution >= 0.6 is 0 Å². The first-order chi connectivity index (χ1) is 11.6. The molecule has 2 rings (SSSR count). The molecule has 1 heterocycles. The third-order valence-electron chi connectivity index (χ3n) is 5.75. The van der Waals surface area contributed by atoms with Gasteiger partial charge in [-0.15, -0.1) is 0 Å². The Bertz CT molecular complexity index is 539. The topological polar surface area (TPSA) is 12.4 Å². The summed E-state index contributed by atoms with van der Waals surface area (Å²) >= 11 is 0. The summed E-state index contributed by atoms with van der Waals surface area (Å²) in [4.78, 5) is 4.72. The molecule has 0 atom stereocenters. The van der Waals surface area contributed by atoms with E-state index in [0.717, 1.165) is 0 Å². The number of aliphatic imine (C=N–C) groups is 1. The van der Waals surface area contributed by atoms with Gasteiger partial charge in [0.15, 0.2) is 0 Å². The van der Waals surface area contributed by atoms with E-state index in [1.807, 2.05) is 0 Å². The molecule has 0 fully saturated rings. The second-order valence-corrected chi connectivity index (χ2v) is 8.11. The van der Waals surface area contributed by atoms with Crippen molar-refractivity contribution in [2.45, 2.75) is 104 Å². The van der Waals surface area contributed by atoms with Crippen molar-refractivity contribution in [3.8, 4) is 0 Å². The molecule has 0 saturated heterocycles. The minimum Gasteiger partial charge on any atom is -0.257 e. The maximum absolute atomic E-state index is 4.72. The van der Waals surface area contributed by atoms with Crippen molar-refractivity contribution in [2.24, 2.45) is 4.99 Å². The van der Waals surface area contributed by atoms with Crippen LogP contribution in [0.1, 0.15) is 103 Å². The van der Waals surface area contributed by atoms with E-state index >= 15 is 0 Å². The van der Waals surface area contributed by atoms with E-state index in [-0.39, 0.29) is 5.41 Å². The highest BCUT2D eigenvalue weighted by Crippen LogP contribution is 2.40. The van der Waals surface area contributed by atoms with E-state index < -0.39 is 0 Å². The summed E-state index contributed by atoms with van der Waals surface area (Å²) in [7, 11) is 0. The maximum Gasteiger partial charge on any atom is 0.0670 e. The van der Waals surface area contributed by atoms with Crippen LogP contribution in [0.15, 0.2) is 23.2 Å². The first kappa shape index (κ1) is 19.2. The third kappa shape index (κ3) is 5.19. The zero-order valence-corrected chi connectivity index (χ0v) is 16.5. The Kier molecular flexibility index (Phi) is 7.52. The van der Waals surface area contributed by atoms with Crippen LogP contribution in [0.3, 0.4) is 0 Å². The third-order valence-corrected chi connectivity index (χ3v) is 5.75. The average molecular weight is 328 g/mol. The van der Waals surface area contributed by atoms with Crippen molar-refractivity contribution in [1.82, 2.24) is 0 Å². The van der Waals surface area contributed by atoms with Crippen LogP contribution in [0.4, 0.5) is 5.69 Å². The average Bonchev–Trinajstić information content (AvgIpc) is 2.79. The quantitative estimate of drug-likeness (QED) is 0.372. The molecular weight excluding hydrogens is 290 g/mol. The van der Waals surface area contributed by atoms with Crippen LogP contribution in [-0.4, -0.2) is 5.71 Å². The highest BCUT2D eigenvalue weighted by molar-refractivity contribution is 5.99. The van der Waals surface area contributed by atoms with E-state index in [2.05, 4.69) is 45.9 Å². The predicted octanol–water partition coefficient (Wildman–Crippen LogP) is 7.53. The van der Waals surface area contributed by atoms with E-state index in [1.54, 1.807) is 0 Å². The summed E-state index contributed by atoms with van der Waals surface area (Å²) in [5.74, 6) is 0. The highest BCUT2D eigenvalue weighted by atomic mass is 14.8. The molecule has 0 radical (unpaired) electrons. The van der Waals surface area contributed by atoms with Gasteiger partial charge in [0.2, 0.25) is 0 Å². The zero-order chi connectivity index (χ0) is 17.4. The van der Waals surface area contributed by atoms with Crippen LogP contribution in [-0.2, 0) is 11.8 Å². The lowest BCUT2D eigenvalue weighted by molar-refractivity contribution is 0.556. The van der Waals surface area contributed by atoms with Crippen molar-refractivity contribution in [3.05, 3.63) is 29.3 Å². The van der Waals surface area contributed by atoms with Crippen LogP contribution in [0.5, 0.6) is 0 Å². The largest absolute Gasteiger partial charge is 0.257 e. The molecule has 0 aliphatic carbocycles. The maximum atomic E-state index is 4.72. The van der Waals surface area contributed by atoms with E-state index in [0.29, 0.717) is 0 Å². The number of benzene rings is 1. The Morgan fingerprint density at radius 1 is 0.833 bits per heavy atom. The normalized spacial score (nSPS) is 15.4. The summed E-state index contributed by atoms with van der Waals surface area (Å²) in [5, 5.41) is 0. The van der Waals surface area contributed by atoms with Gasteiger partial charge in [0.1, 0.15) is 0 Å². The Labute approximate surface area is 150 Å². The summed E-state index contributed by atoms with van der Waals surface area (Å²) in [6.07, 6.45) is 15.3. The van der Waals surface area contributed by atoms with Crippen molar-refractivity contribution >= 4 is 11.4 Å². The molecule has 1 heteroatoms. The summed E-state index contributed by atoms with van der Waals surface area (Å²) < 4.78 is 0. The van der Waals surface area contributed by atoms with Gasteiger partial charge in [0.25, 0.3) is 0 Å². The van der Waals surface area contributed by atoms with Gasteiger partial charge in [-0.1, -0.05) is 90.7 Å². The molecular formula is C23H37N. The second kappa shape index (κ2) is 9.39. The van der Waals surface area contributed by atoms with Gasteiger partial charge >= 0.3 is 0 Å². The summed E-state index contributed by atoms with van der Waals surface area (Å²) in [5.41, 5.74) is 5.46. The van der Waals surface area contributed by atoms with Gasteiger partial charge in [-0.2, -0.15) is 0 Å². The molecule has 1 aromatic rings. The van der Waals surface area contributed by atoms with E-state index in [1.165, 1.54) is 93.2 Å². The predicted molar refractivity (Wildman–Crippen MR) is 108 cm³/mol. The van der Waals surface area contributed by atoms with Crippen LogP contribution in [0.25, 0.3) is 0 Å². The van der Waals surface area contributed by atoms with Crippen LogP contribution in [0.2, 0.25) is 0 Å². The van der Waals surface area contributed by atoms with Crippen LogP contribution < -0.4 is 0 Å². The Hall–Kier alpha value is -1.11. The Morgan fingerprint density at radius 3 is 2.04 bits per heavy atom. The molecule has 0 amide bonds. The fourth-order valence-electron chi connectivity index (χ4n) is 3.67. The fourth-order valence-corrected chi connectivity index (χ4v) is 3.67. The number of hydrogen-bond donors (Lipinski definition) is 0. The second-order valence-electron chi connectivity index (χ2n) is 8.11. The minimum absolute atomic E-state index is 0.114. The van der Waals surface area contributed by atoms with Crippen molar-refractivity contribution in [1.29, 1.82) is 0 Å². The van der Waals surface area contributed by atoms with Crippen molar-refractivity contribution in [3.63, 3.8) is 0 Å². The molecule has 0 saturated carbocycles. The molecule has 0 spiro atoms.